The van der Waals surface area contributed by atoms with Crippen LogP contribution in [0.1, 0.15) is 5.56 Å². The van der Waals surface area contributed by atoms with E-state index in [0.717, 1.165) is 16.8 Å². The molecule has 0 fully saturated rings. The normalized spacial score (nSPS) is 22.2. The van der Waals surface area contributed by atoms with Crippen molar-refractivity contribution < 1.29 is 13.9 Å². The molecular weight excluding hydrogens is 257 g/mol. The molecule has 7 heteroatoms. The van der Waals surface area contributed by atoms with Crippen LogP contribution in [0.5, 0.6) is 0 Å². The zero-order chi connectivity index (χ0) is 13.0. The van der Waals surface area contributed by atoms with Crippen molar-refractivity contribution in [2.45, 2.75) is 5.06 Å². The highest BCUT2D eigenvalue weighted by Crippen LogP contribution is 2.44. The summed E-state index contributed by atoms with van der Waals surface area (Å²) in [5, 5.41) is 6.18. The number of carbonyl (C=O) groups excluding carboxylic acids is 1. The Bertz CT molecular complexity index is 457. The van der Waals surface area contributed by atoms with Crippen LogP contribution in [0.3, 0.4) is 0 Å². The molecule has 1 unspecified atom stereocenters. The number of hydrazone groups is 1. The predicted octanol–water partition coefficient (Wildman–Crippen LogP) is 2.07. The first-order valence-electron chi connectivity index (χ1n) is 5.22. The maximum absolute atomic E-state index is 12.7. The molecule has 96 valence electrons. The Labute approximate surface area is 108 Å². The van der Waals surface area contributed by atoms with E-state index in [1.54, 1.807) is 24.3 Å². The van der Waals surface area contributed by atoms with Gasteiger partial charge in [-0.2, -0.15) is 10.1 Å². The van der Waals surface area contributed by atoms with Crippen molar-refractivity contribution in [3.8, 4) is 0 Å². The molecule has 1 N–H and O–H groups in total. The van der Waals surface area contributed by atoms with Crippen molar-refractivity contribution >= 4 is 23.3 Å². The Hall–Kier alpha value is -1.60. The van der Waals surface area contributed by atoms with Gasteiger partial charge in [0, 0.05) is 12.6 Å². The second-order valence-corrected chi connectivity index (χ2v) is 4.41. The van der Waals surface area contributed by atoms with Gasteiger partial charge in [-0.25, -0.2) is 9.18 Å². The number of urea groups is 1. The number of carbonyl (C=O) groups is 1. The molecule has 0 radical (unpaired) electrons. The van der Waals surface area contributed by atoms with Crippen molar-refractivity contribution in [2.24, 2.45) is 5.10 Å². The van der Waals surface area contributed by atoms with Gasteiger partial charge in [-0.15, -0.1) is 0 Å². The van der Waals surface area contributed by atoms with Crippen LogP contribution >= 0.6 is 11.8 Å². The van der Waals surface area contributed by atoms with E-state index in [-0.39, 0.29) is 0 Å². The lowest BCUT2D eigenvalue weighted by Gasteiger charge is -2.33. The SMILES string of the molecule is CNC(=O)N1N=CSC1(OCF)c1ccccc1. The number of halogens is 1. The fourth-order valence-corrected chi connectivity index (χ4v) is 2.55. The van der Waals surface area contributed by atoms with E-state index in [1.165, 1.54) is 12.6 Å². The highest BCUT2D eigenvalue weighted by molar-refractivity contribution is 8.12. The topological polar surface area (TPSA) is 53.9 Å². The number of hydrogen-bond acceptors (Lipinski definition) is 4. The first kappa shape index (κ1) is 12.8. The first-order chi connectivity index (χ1) is 8.74. The molecule has 0 saturated carbocycles. The summed E-state index contributed by atoms with van der Waals surface area (Å²) < 4.78 is 17.8. The van der Waals surface area contributed by atoms with Crippen LogP contribution in [0, 0.1) is 0 Å². The molecule has 2 rings (SSSR count). The maximum atomic E-state index is 12.7. The number of benzene rings is 1. The summed E-state index contributed by atoms with van der Waals surface area (Å²) in [4.78, 5) is 11.8. The molecule has 1 heterocycles. The average Bonchev–Trinajstić information content (AvgIpc) is 2.84. The number of nitrogens with zero attached hydrogens (tertiary/aromatic N) is 2. The third kappa shape index (κ3) is 2.06. The second-order valence-electron chi connectivity index (χ2n) is 3.41. The average molecular weight is 269 g/mol. The van der Waals surface area contributed by atoms with E-state index in [9.17, 15) is 9.18 Å². The van der Waals surface area contributed by atoms with Crippen LogP contribution in [0.25, 0.3) is 0 Å². The van der Waals surface area contributed by atoms with Gasteiger partial charge < -0.3 is 10.1 Å². The van der Waals surface area contributed by atoms with Gasteiger partial charge in [0.1, 0.15) is 0 Å². The van der Waals surface area contributed by atoms with E-state index in [2.05, 4.69) is 10.4 Å². The minimum Gasteiger partial charge on any atom is -0.339 e. The third-order valence-electron chi connectivity index (χ3n) is 2.45. The van der Waals surface area contributed by atoms with Crippen LogP contribution in [-0.4, -0.2) is 30.5 Å². The minimum atomic E-state index is -1.28. The highest BCUT2D eigenvalue weighted by atomic mass is 32.2. The first-order valence-corrected chi connectivity index (χ1v) is 6.10. The van der Waals surface area contributed by atoms with E-state index < -0.39 is 17.9 Å². The monoisotopic (exact) mass is 269 g/mol. The van der Waals surface area contributed by atoms with Crippen LogP contribution < -0.4 is 5.32 Å². The minimum absolute atomic E-state index is 0.464. The number of rotatable bonds is 3. The Kier molecular flexibility index (Phi) is 3.83. The molecule has 1 aromatic rings. The summed E-state index contributed by atoms with van der Waals surface area (Å²) in [6.45, 7) is -1.02. The van der Waals surface area contributed by atoms with Gasteiger partial charge in [0.05, 0.1) is 5.55 Å². The smallest absolute Gasteiger partial charge is 0.339 e. The van der Waals surface area contributed by atoms with Gasteiger partial charge in [0.25, 0.3) is 0 Å². The summed E-state index contributed by atoms with van der Waals surface area (Å²) in [6, 6.07) is 8.46. The zero-order valence-corrected chi connectivity index (χ0v) is 10.5. The molecule has 1 atom stereocenters. The van der Waals surface area contributed by atoms with Crippen molar-refractivity contribution in [3.63, 3.8) is 0 Å². The summed E-state index contributed by atoms with van der Waals surface area (Å²) in [5.74, 6) is 0. The molecule has 18 heavy (non-hydrogen) atoms. The van der Waals surface area contributed by atoms with E-state index in [1.807, 2.05) is 6.07 Å². The predicted molar refractivity (Wildman–Crippen MR) is 67.6 cm³/mol. The number of thioether (sulfide) groups is 1. The second kappa shape index (κ2) is 5.36. The highest BCUT2D eigenvalue weighted by Gasteiger charge is 2.47. The number of alkyl halides is 1. The molecular formula is C11H12FN3O2S. The number of nitrogens with one attached hydrogen (secondary N) is 1. The quantitative estimate of drug-likeness (QED) is 0.914. The van der Waals surface area contributed by atoms with Gasteiger partial charge in [0.2, 0.25) is 5.06 Å². The lowest BCUT2D eigenvalue weighted by molar-refractivity contribution is -0.100. The van der Waals surface area contributed by atoms with Crippen molar-refractivity contribution in [2.75, 3.05) is 13.9 Å². The van der Waals surface area contributed by atoms with Crippen LogP contribution in [0.2, 0.25) is 0 Å². The van der Waals surface area contributed by atoms with Crippen LogP contribution in [-0.2, 0) is 9.79 Å². The largest absolute Gasteiger partial charge is 0.341 e. The van der Waals surface area contributed by atoms with Crippen molar-refractivity contribution in [1.82, 2.24) is 10.3 Å². The van der Waals surface area contributed by atoms with Crippen LogP contribution in [0.15, 0.2) is 35.4 Å². The molecule has 0 bridgehead atoms. The number of amides is 2. The molecule has 2 amide bonds. The molecule has 0 spiro atoms. The lowest BCUT2D eigenvalue weighted by atomic mass is 10.2. The fourth-order valence-electron chi connectivity index (χ4n) is 1.65. The standard InChI is InChI=1S/C11H12FN3O2S/c1-13-10(16)15-11(17-7-12,18-8-14-15)9-5-3-2-4-6-9/h2-6,8H,7H2,1H3,(H,13,16). The molecule has 5 nitrogen and oxygen atoms in total. The zero-order valence-electron chi connectivity index (χ0n) is 9.67. The molecule has 1 aliphatic heterocycles. The fraction of sp³-hybridized carbons (Fsp3) is 0.273. The number of hydrogen-bond donors (Lipinski definition) is 1. The van der Waals surface area contributed by atoms with Crippen molar-refractivity contribution in [3.05, 3.63) is 35.9 Å². The lowest BCUT2D eigenvalue weighted by Crippen LogP contribution is -2.47. The molecule has 1 aliphatic rings. The molecule has 0 saturated heterocycles. The summed E-state index contributed by atoms with van der Waals surface area (Å²) in [7, 11) is 1.48. The Morgan fingerprint density at radius 3 is 2.89 bits per heavy atom. The Balaban J connectivity index is 2.41. The summed E-state index contributed by atoms with van der Waals surface area (Å²) in [6.07, 6.45) is 0. The number of ether oxygens (including phenoxy) is 1. The van der Waals surface area contributed by atoms with Gasteiger partial charge in [-0.1, -0.05) is 30.3 Å². The van der Waals surface area contributed by atoms with E-state index in [0.29, 0.717) is 5.56 Å². The summed E-state index contributed by atoms with van der Waals surface area (Å²) in [5.41, 5.74) is 2.10. The summed E-state index contributed by atoms with van der Waals surface area (Å²) >= 11 is 1.13. The molecule has 0 aliphatic carbocycles. The van der Waals surface area contributed by atoms with Gasteiger partial charge >= 0.3 is 6.03 Å². The Morgan fingerprint density at radius 2 is 2.28 bits per heavy atom. The van der Waals surface area contributed by atoms with Gasteiger partial charge in [0.15, 0.2) is 6.86 Å². The Morgan fingerprint density at radius 1 is 1.56 bits per heavy atom. The maximum Gasteiger partial charge on any atom is 0.341 e. The third-order valence-corrected chi connectivity index (χ3v) is 3.49. The molecule has 1 aromatic carbocycles. The van der Waals surface area contributed by atoms with Crippen molar-refractivity contribution in [1.29, 1.82) is 0 Å². The van der Waals surface area contributed by atoms with Crippen LogP contribution in [0.4, 0.5) is 9.18 Å². The molecule has 0 aromatic heterocycles. The van der Waals surface area contributed by atoms with Gasteiger partial charge in [-0.05, 0) is 11.8 Å². The van der Waals surface area contributed by atoms with E-state index in [4.69, 9.17) is 4.74 Å². The van der Waals surface area contributed by atoms with E-state index >= 15 is 0 Å². The van der Waals surface area contributed by atoms with Gasteiger partial charge in [-0.3, -0.25) is 0 Å².